The van der Waals surface area contributed by atoms with E-state index < -0.39 is 5.97 Å². The number of unbranched alkanes of at least 4 members (excludes halogenated alkanes) is 3. The summed E-state index contributed by atoms with van der Waals surface area (Å²) in [6.45, 7) is 2.87. The number of hydrogen-bond acceptors (Lipinski definition) is 3. The first kappa shape index (κ1) is 14.9. The lowest BCUT2D eigenvalue weighted by molar-refractivity contribution is -0.135. The van der Waals surface area contributed by atoms with E-state index in [-0.39, 0.29) is 6.54 Å². The summed E-state index contributed by atoms with van der Waals surface area (Å²) in [5.41, 5.74) is 4.57. The molecule has 0 aromatic heterocycles. The van der Waals surface area contributed by atoms with Crippen molar-refractivity contribution in [3.8, 4) is 0 Å². The number of ether oxygens (including phenoxy) is 1. The first-order chi connectivity index (χ1) is 6.18. The molecular formula is C9H21NO3. The molecule has 0 radical (unpaired) electrons. The zero-order valence-electron chi connectivity index (χ0n) is 8.58. The van der Waals surface area contributed by atoms with Gasteiger partial charge >= 0.3 is 5.97 Å². The number of carboxylic acids is 1. The lowest BCUT2D eigenvalue weighted by atomic mass is 10.2. The summed E-state index contributed by atoms with van der Waals surface area (Å²) in [4.78, 5) is 9.24. The van der Waals surface area contributed by atoms with Crippen LogP contribution in [0.15, 0.2) is 0 Å². The van der Waals surface area contributed by atoms with E-state index in [1.54, 1.807) is 7.11 Å². The average Bonchev–Trinajstić information content (AvgIpc) is 2.14. The molecule has 0 bridgehead atoms. The van der Waals surface area contributed by atoms with E-state index in [4.69, 9.17) is 9.84 Å². The molecule has 0 rings (SSSR count). The van der Waals surface area contributed by atoms with Gasteiger partial charge in [-0.2, -0.15) is 0 Å². The number of hydrogen-bond donors (Lipinski definition) is 2. The zero-order chi connectivity index (χ0) is 10.5. The summed E-state index contributed by atoms with van der Waals surface area (Å²) in [5, 5.41) is 7.60. The van der Waals surface area contributed by atoms with E-state index in [0.717, 1.165) is 6.61 Å². The van der Waals surface area contributed by atoms with Crippen molar-refractivity contribution >= 4 is 5.97 Å². The highest BCUT2D eigenvalue weighted by molar-refractivity contribution is 5.68. The van der Waals surface area contributed by atoms with Crippen LogP contribution in [-0.2, 0) is 9.53 Å². The smallest absolute Gasteiger partial charge is 0.317 e. The molecular weight excluding hydrogens is 170 g/mol. The van der Waals surface area contributed by atoms with Crippen LogP contribution in [0.3, 0.4) is 0 Å². The van der Waals surface area contributed by atoms with E-state index in [1.165, 1.54) is 25.7 Å². The maximum Gasteiger partial charge on any atom is 0.317 e. The van der Waals surface area contributed by atoms with Crippen molar-refractivity contribution in [3.63, 3.8) is 0 Å². The Morgan fingerprint density at radius 3 is 2.23 bits per heavy atom. The van der Waals surface area contributed by atoms with Crippen LogP contribution in [-0.4, -0.2) is 31.3 Å². The summed E-state index contributed by atoms with van der Waals surface area (Å²) in [5.74, 6) is -0.968. The van der Waals surface area contributed by atoms with Crippen LogP contribution in [0.2, 0.25) is 0 Å². The van der Waals surface area contributed by atoms with E-state index in [2.05, 4.69) is 12.7 Å². The minimum absolute atomic E-state index is 0.278. The van der Waals surface area contributed by atoms with Crippen LogP contribution in [0.4, 0.5) is 0 Å². The molecule has 0 saturated heterocycles. The number of rotatable bonds is 6. The lowest BCUT2D eigenvalue weighted by Gasteiger charge is -1.95. The number of carbonyl (C=O) groups is 1. The number of aliphatic carboxylic acids is 1. The van der Waals surface area contributed by atoms with Crippen molar-refractivity contribution in [2.45, 2.75) is 32.6 Å². The van der Waals surface area contributed by atoms with Crippen LogP contribution < -0.4 is 5.73 Å². The Kier molecular flexibility index (Phi) is 16.0. The van der Waals surface area contributed by atoms with E-state index in [9.17, 15) is 4.79 Å². The predicted octanol–water partition coefficient (Wildman–Crippen LogP) is 1.24. The molecule has 0 aliphatic rings. The molecule has 3 N–H and O–H groups in total. The van der Waals surface area contributed by atoms with Gasteiger partial charge in [-0.1, -0.05) is 26.2 Å². The van der Waals surface area contributed by atoms with E-state index in [0.29, 0.717) is 0 Å². The van der Waals surface area contributed by atoms with Crippen LogP contribution in [0.25, 0.3) is 0 Å². The second-order valence-corrected chi connectivity index (χ2v) is 2.65. The quantitative estimate of drug-likeness (QED) is 0.620. The fourth-order valence-electron chi connectivity index (χ4n) is 0.673. The van der Waals surface area contributed by atoms with Crippen LogP contribution in [0, 0.1) is 0 Å². The molecule has 0 aromatic carbocycles. The Morgan fingerprint density at radius 2 is 1.92 bits per heavy atom. The van der Waals surface area contributed by atoms with Crippen molar-refractivity contribution in [1.82, 2.24) is 0 Å². The Hall–Kier alpha value is -0.610. The second-order valence-electron chi connectivity index (χ2n) is 2.65. The number of nitrogens with two attached hydrogens (primary N) is 1. The Labute approximate surface area is 80.1 Å². The standard InChI is InChI=1S/C7H16O.C2H5NO2/c1-3-4-5-6-7-8-2;3-1-2(4)5/h3-7H2,1-2H3;1,3H2,(H,4,5). The Bertz CT molecular complexity index is 101. The summed E-state index contributed by atoms with van der Waals surface area (Å²) in [6.07, 6.45) is 5.21. The second kappa shape index (κ2) is 13.9. The van der Waals surface area contributed by atoms with Crippen LogP contribution >= 0.6 is 0 Å². The van der Waals surface area contributed by atoms with Gasteiger partial charge in [-0.25, -0.2) is 0 Å². The zero-order valence-corrected chi connectivity index (χ0v) is 8.58. The summed E-state index contributed by atoms with van der Waals surface area (Å²) in [6, 6.07) is 0. The number of methoxy groups -OCH3 is 1. The third-order valence-electron chi connectivity index (χ3n) is 1.38. The molecule has 0 atom stereocenters. The predicted molar refractivity (Wildman–Crippen MR) is 52.7 cm³/mol. The third kappa shape index (κ3) is 24.6. The van der Waals surface area contributed by atoms with Gasteiger partial charge in [0.25, 0.3) is 0 Å². The van der Waals surface area contributed by atoms with Crippen molar-refractivity contribution in [2.75, 3.05) is 20.3 Å². The maximum absolute atomic E-state index is 9.24. The van der Waals surface area contributed by atoms with Gasteiger partial charge in [0.05, 0.1) is 6.54 Å². The summed E-state index contributed by atoms with van der Waals surface area (Å²) >= 11 is 0. The fourth-order valence-corrected chi connectivity index (χ4v) is 0.673. The van der Waals surface area contributed by atoms with Crippen molar-refractivity contribution in [1.29, 1.82) is 0 Å². The molecule has 0 fully saturated rings. The summed E-state index contributed by atoms with van der Waals surface area (Å²) in [7, 11) is 1.76. The minimum Gasteiger partial charge on any atom is -0.480 e. The molecule has 0 aliphatic carbocycles. The SMILES string of the molecule is CCCCCCOC.NCC(=O)O. The van der Waals surface area contributed by atoms with Gasteiger partial charge in [0.2, 0.25) is 0 Å². The molecule has 4 nitrogen and oxygen atoms in total. The molecule has 0 spiro atoms. The van der Waals surface area contributed by atoms with E-state index >= 15 is 0 Å². The first-order valence-corrected chi connectivity index (χ1v) is 4.59. The molecule has 0 heterocycles. The molecule has 80 valence electrons. The normalized spacial score (nSPS) is 8.85. The van der Waals surface area contributed by atoms with Crippen LogP contribution in [0.5, 0.6) is 0 Å². The average molecular weight is 191 g/mol. The molecule has 0 aliphatic heterocycles. The van der Waals surface area contributed by atoms with Gasteiger partial charge < -0.3 is 15.6 Å². The first-order valence-electron chi connectivity index (χ1n) is 4.59. The van der Waals surface area contributed by atoms with Gasteiger partial charge in [-0.3, -0.25) is 4.79 Å². The lowest BCUT2D eigenvalue weighted by Crippen LogP contribution is -2.10. The highest BCUT2D eigenvalue weighted by Gasteiger charge is 1.83. The van der Waals surface area contributed by atoms with Crippen molar-refractivity contribution < 1.29 is 14.6 Å². The summed E-state index contributed by atoms with van der Waals surface area (Å²) < 4.78 is 4.89. The molecule has 4 heteroatoms. The molecule has 0 saturated carbocycles. The third-order valence-corrected chi connectivity index (χ3v) is 1.38. The van der Waals surface area contributed by atoms with Crippen molar-refractivity contribution in [2.24, 2.45) is 5.73 Å². The molecule has 13 heavy (non-hydrogen) atoms. The monoisotopic (exact) mass is 191 g/mol. The molecule has 0 aromatic rings. The van der Waals surface area contributed by atoms with Crippen molar-refractivity contribution in [3.05, 3.63) is 0 Å². The van der Waals surface area contributed by atoms with Gasteiger partial charge in [-0.15, -0.1) is 0 Å². The fraction of sp³-hybridized carbons (Fsp3) is 0.889. The Morgan fingerprint density at radius 1 is 1.38 bits per heavy atom. The maximum atomic E-state index is 9.24. The highest BCUT2D eigenvalue weighted by atomic mass is 16.5. The topological polar surface area (TPSA) is 72.5 Å². The molecule has 0 unspecified atom stereocenters. The van der Waals surface area contributed by atoms with Gasteiger partial charge in [-0.05, 0) is 6.42 Å². The largest absolute Gasteiger partial charge is 0.480 e. The van der Waals surface area contributed by atoms with Gasteiger partial charge in [0.1, 0.15) is 0 Å². The van der Waals surface area contributed by atoms with Gasteiger partial charge in [0, 0.05) is 13.7 Å². The highest BCUT2D eigenvalue weighted by Crippen LogP contribution is 1.97. The minimum atomic E-state index is -0.968. The molecule has 0 amide bonds. The van der Waals surface area contributed by atoms with Gasteiger partial charge in [0.15, 0.2) is 0 Å². The Balaban J connectivity index is 0. The van der Waals surface area contributed by atoms with E-state index in [1.807, 2.05) is 0 Å². The number of carboxylic acid groups (broad SMARTS) is 1. The van der Waals surface area contributed by atoms with Crippen LogP contribution in [0.1, 0.15) is 32.6 Å².